The predicted molar refractivity (Wildman–Crippen MR) is 135 cm³/mol. The first-order chi connectivity index (χ1) is 18.5. The fraction of sp³-hybridized carbons (Fsp3) is 0.304. The lowest BCUT2D eigenvalue weighted by Crippen LogP contribution is -2.43. The number of aromatic nitrogens is 8. The van der Waals surface area contributed by atoms with Crippen LogP contribution in [0.3, 0.4) is 0 Å². The van der Waals surface area contributed by atoms with Crippen molar-refractivity contribution in [2.45, 2.75) is 37.8 Å². The minimum atomic E-state index is -1.05. The zero-order valence-electron chi connectivity index (χ0n) is 20.1. The van der Waals surface area contributed by atoms with Gasteiger partial charge in [-0.25, -0.2) is 29.4 Å². The molecule has 1 fully saturated rings. The Morgan fingerprint density at radius 2 is 1.97 bits per heavy atom. The van der Waals surface area contributed by atoms with Crippen LogP contribution in [0.5, 0.6) is 6.01 Å². The molecule has 1 aliphatic carbocycles. The number of methoxy groups -OCH3 is 1. The molecule has 0 spiro atoms. The van der Waals surface area contributed by atoms with Crippen LogP contribution in [0.1, 0.15) is 31.2 Å². The summed E-state index contributed by atoms with van der Waals surface area (Å²) in [6.45, 7) is 0. The third-order valence-corrected chi connectivity index (χ3v) is 6.53. The van der Waals surface area contributed by atoms with E-state index in [-0.39, 0.29) is 23.7 Å². The summed E-state index contributed by atoms with van der Waals surface area (Å²) in [7, 11) is 1.47. The van der Waals surface area contributed by atoms with Crippen molar-refractivity contribution in [3.05, 3.63) is 47.8 Å². The van der Waals surface area contributed by atoms with E-state index in [0.29, 0.717) is 59.4 Å². The molecule has 1 aliphatic rings. The fourth-order valence-corrected chi connectivity index (χ4v) is 4.59. The Labute approximate surface area is 221 Å². The molecule has 15 heteroatoms. The number of hydrogen-bond acceptors (Lipinski definition) is 10. The quantitative estimate of drug-likeness (QED) is 0.315. The van der Waals surface area contributed by atoms with Crippen molar-refractivity contribution < 1.29 is 14.6 Å². The lowest BCUT2D eigenvalue weighted by molar-refractivity contribution is 0.196. The van der Waals surface area contributed by atoms with Crippen LogP contribution in [-0.2, 0) is 0 Å². The van der Waals surface area contributed by atoms with Crippen molar-refractivity contribution in [1.82, 2.24) is 39.9 Å². The summed E-state index contributed by atoms with van der Waals surface area (Å²) in [6.07, 6.45) is 10.7. The first-order valence-electron chi connectivity index (χ1n) is 11.6. The van der Waals surface area contributed by atoms with Crippen LogP contribution in [0.15, 0.2) is 37.2 Å². The number of rotatable bonds is 7. The molecule has 1 saturated carbocycles. The average molecular weight is 536 g/mol. The highest BCUT2D eigenvalue weighted by molar-refractivity contribution is 6.32. The van der Waals surface area contributed by atoms with Gasteiger partial charge in [0.15, 0.2) is 0 Å². The molecule has 0 bridgehead atoms. The molecule has 0 saturated heterocycles. The Balaban J connectivity index is 1.26. The van der Waals surface area contributed by atoms with E-state index in [1.54, 1.807) is 18.6 Å². The normalized spacial score (nSPS) is 17.0. The van der Waals surface area contributed by atoms with E-state index in [0.717, 1.165) is 0 Å². The van der Waals surface area contributed by atoms with Crippen LogP contribution in [0.2, 0.25) is 5.02 Å². The number of carboxylic acid groups (broad SMARTS) is 1. The van der Waals surface area contributed by atoms with Gasteiger partial charge in [0.2, 0.25) is 5.95 Å². The summed E-state index contributed by atoms with van der Waals surface area (Å²) in [4.78, 5) is 30.4. The van der Waals surface area contributed by atoms with Gasteiger partial charge in [0.05, 0.1) is 54.4 Å². The van der Waals surface area contributed by atoms with Crippen molar-refractivity contribution in [2.24, 2.45) is 0 Å². The van der Waals surface area contributed by atoms with Crippen LogP contribution in [0.25, 0.3) is 17.1 Å². The molecule has 0 aromatic carbocycles. The van der Waals surface area contributed by atoms with E-state index < -0.39 is 6.09 Å². The molecule has 0 unspecified atom stereocenters. The van der Waals surface area contributed by atoms with E-state index in [2.05, 4.69) is 46.6 Å². The molecule has 0 radical (unpaired) electrons. The maximum Gasteiger partial charge on any atom is 0.412 e. The third-order valence-electron chi connectivity index (χ3n) is 6.24. The molecule has 3 N–H and O–H groups in total. The molecule has 4 aromatic heterocycles. The highest BCUT2D eigenvalue weighted by Gasteiger charge is 2.31. The maximum atomic E-state index is 12.2. The smallest absolute Gasteiger partial charge is 0.412 e. The monoisotopic (exact) mass is 535 g/mol. The summed E-state index contributed by atoms with van der Waals surface area (Å²) in [5, 5.41) is 34.1. The summed E-state index contributed by atoms with van der Waals surface area (Å²) < 4.78 is 6.49. The largest absolute Gasteiger partial charge is 0.467 e. The number of anilines is 2. The minimum Gasteiger partial charge on any atom is -0.467 e. The number of amides is 1. The predicted octanol–water partition coefficient (Wildman–Crippen LogP) is 3.28. The molecule has 0 aliphatic heterocycles. The molecular formula is C23H22ClN11O3. The second-order valence-corrected chi connectivity index (χ2v) is 8.93. The Kier molecular flexibility index (Phi) is 7.00. The number of nitrogens with zero attached hydrogens (tertiary/aromatic N) is 9. The molecule has 194 valence electrons. The average Bonchev–Trinajstić information content (AvgIpc) is 3.59. The van der Waals surface area contributed by atoms with Gasteiger partial charge in [0, 0.05) is 18.3 Å². The second kappa shape index (κ2) is 10.7. The Hall–Kier alpha value is -4.77. The molecule has 4 aromatic rings. The van der Waals surface area contributed by atoms with Gasteiger partial charge in [-0.3, -0.25) is 10.00 Å². The van der Waals surface area contributed by atoms with E-state index in [1.165, 1.54) is 35.3 Å². The topological polar surface area (TPSA) is 184 Å². The second-order valence-electron chi connectivity index (χ2n) is 8.52. The van der Waals surface area contributed by atoms with Crippen LogP contribution in [0, 0.1) is 11.3 Å². The molecule has 14 nitrogen and oxygen atoms in total. The number of aromatic amines is 1. The lowest BCUT2D eigenvalue weighted by Gasteiger charge is -2.34. The zero-order chi connectivity index (χ0) is 26.6. The lowest BCUT2D eigenvalue weighted by atomic mass is 9.90. The van der Waals surface area contributed by atoms with E-state index in [9.17, 15) is 15.2 Å². The molecule has 38 heavy (non-hydrogen) atoms. The van der Waals surface area contributed by atoms with Gasteiger partial charge in [-0.15, -0.1) is 0 Å². The Morgan fingerprint density at radius 1 is 1.21 bits per heavy atom. The summed E-state index contributed by atoms with van der Waals surface area (Å²) >= 11 is 6.16. The zero-order valence-corrected chi connectivity index (χ0v) is 20.9. The number of H-pyrrole nitrogens is 1. The van der Waals surface area contributed by atoms with Gasteiger partial charge in [-0.1, -0.05) is 11.6 Å². The van der Waals surface area contributed by atoms with E-state index in [1.807, 2.05) is 0 Å². The molecule has 1 amide bonds. The third kappa shape index (κ3) is 5.04. The van der Waals surface area contributed by atoms with Gasteiger partial charge < -0.3 is 15.2 Å². The van der Waals surface area contributed by atoms with Crippen LogP contribution in [-0.4, -0.2) is 70.3 Å². The highest BCUT2D eigenvalue weighted by Crippen LogP contribution is 2.31. The van der Waals surface area contributed by atoms with Gasteiger partial charge in [-0.05, 0) is 25.7 Å². The van der Waals surface area contributed by atoms with E-state index in [4.69, 9.17) is 16.3 Å². The van der Waals surface area contributed by atoms with Crippen LogP contribution < -0.4 is 15.0 Å². The van der Waals surface area contributed by atoms with Gasteiger partial charge >= 0.3 is 12.1 Å². The Morgan fingerprint density at radius 3 is 2.61 bits per heavy atom. The number of hydrogen-bond donors (Lipinski definition) is 3. The minimum absolute atomic E-state index is 0.0245. The standard InChI is InChI=1S/C23H22ClN11O3/c1-38-22-27-8-16(9-28-22)34-12-17(10-30-34)35(23(36)37)15-4-2-14(3-5-15)31-21-26-7-13(6-25)19(32-21)20-18(24)11-29-33-20/h7-12,14-15H,2-5H2,1H3,(H,29,33)(H,36,37)(H,26,31,32)/t14-,15-. The van der Waals surface area contributed by atoms with Gasteiger partial charge in [-0.2, -0.15) is 15.5 Å². The summed E-state index contributed by atoms with van der Waals surface area (Å²) in [5.74, 6) is 0.347. The molecule has 0 atom stereocenters. The SMILES string of the molecule is COc1ncc(-n2cc(N(C(=O)O)[C@H]3CC[C@H](Nc4ncc(C#N)c(-c5n[nH]cc5Cl)n4)CC3)cn2)cn1. The van der Waals surface area contributed by atoms with Crippen molar-refractivity contribution in [1.29, 1.82) is 5.26 Å². The van der Waals surface area contributed by atoms with Crippen LogP contribution in [0.4, 0.5) is 16.4 Å². The number of nitrogens with one attached hydrogen (secondary N) is 2. The summed E-state index contributed by atoms with van der Waals surface area (Å²) in [5.41, 5.74) is 2.00. The molecular weight excluding hydrogens is 514 g/mol. The number of carbonyl (C=O) groups is 1. The fourth-order valence-electron chi connectivity index (χ4n) is 4.41. The van der Waals surface area contributed by atoms with Crippen molar-refractivity contribution in [3.63, 3.8) is 0 Å². The first kappa shape index (κ1) is 24.9. The highest BCUT2D eigenvalue weighted by atomic mass is 35.5. The number of nitriles is 1. The van der Waals surface area contributed by atoms with Gasteiger partial charge in [0.25, 0.3) is 0 Å². The summed E-state index contributed by atoms with van der Waals surface area (Å²) in [6, 6.07) is 2.08. The first-order valence-corrected chi connectivity index (χ1v) is 12.0. The number of halogens is 1. The maximum absolute atomic E-state index is 12.2. The van der Waals surface area contributed by atoms with Crippen LogP contribution >= 0.6 is 11.6 Å². The van der Waals surface area contributed by atoms with E-state index >= 15 is 0 Å². The molecule has 4 heterocycles. The van der Waals surface area contributed by atoms with Crippen molar-refractivity contribution >= 4 is 29.3 Å². The van der Waals surface area contributed by atoms with Crippen molar-refractivity contribution in [3.8, 4) is 29.2 Å². The van der Waals surface area contributed by atoms with Gasteiger partial charge in [0.1, 0.15) is 23.1 Å². The number of ether oxygens (including phenoxy) is 1. The molecule has 5 rings (SSSR count). The van der Waals surface area contributed by atoms with Crippen molar-refractivity contribution in [2.75, 3.05) is 17.3 Å². The Bertz CT molecular complexity index is 1470.